The van der Waals surface area contributed by atoms with E-state index in [4.69, 9.17) is 0 Å². The maximum atomic E-state index is 3.08. The van der Waals surface area contributed by atoms with E-state index in [1.54, 1.807) is 0 Å². The topological polar surface area (TPSA) is 0 Å². The zero-order valence-corrected chi connectivity index (χ0v) is 11.2. The lowest BCUT2D eigenvalue weighted by Gasteiger charge is -2.08. The average molecular weight is 255 g/mol. The molecule has 0 atom stereocenters. The third-order valence-electron chi connectivity index (χ3n) is 3.22. The molecule has 0 aliphatic rings. The van der Waals surface area contributed by atoms with Crippen molar-refractivity contribution in [1.82, 2.24) is 0 Å². The molecule has 1 radical (unpaired) electrons. The Balaban J connectivity index is 2.12. The fourth-order valence-electron chi connectivity index (χ4n) is 2.23. The molecular weight excluding hydrogens is 240 g/mol. The molecule has 0 bridgehead atoms. The van der Waals surface area contributed by atoms with Gasteiger partial charge in [-0.05, 0) is 34.4 Å². The molecule has 0 saturated heterocycles. The van der Waals surface area contributed by atoms with Crippen molar-refractivity contribution in [3.8, 4) is 0 Å². The maximum absolute atomic E-state index is 3.08. The van der Waals surface area contributed by atoms with Crippen LogP contribution in [0.1, 0.15) is 16.7 Å². The SMILES string of the molecule is [c]1ccc(C(=Cc2ccccc2)c2ccccc2)cc1. The highest BCUT2D eigenvalue weighted by Crippen LogP contribution is 2.25. The number of rotatable bonds is 3. The summed E-state index contributed by atoms with van der Waals surface area (Å²) < 4.78 is 0. The van der Waals surface area contributed by atoms with Gasteiger partial charge in [0.25, 0.3) is 0 Å². The Morgan fingerprint density at radius 1 is 0.650 bits per heavy atom. The lowest BCUT2D eigenvalue weighted by molar-refractivity contribution is 1.55. The third-order valence-corrected chi connectivity index (χ3v) is 3.22. The molecule has 0 aromatic heterocycles. The number of hydrogen-bond acceptors (Lipinski definition) is 0. The average Bonchev–Trinajstić information content (AvgIpc) is 2.55. The van der Waals surface area contributed by atoms with Gasteiger partial charge in [-0.2, -0.15) is 0 Å². The Labute approximate surface area is 120 Å². The fourth-order valence-corrected chi connectivity index (χ4v) is 2.23. The summed E-state index contributed by atoms with van der Waals surface area (Å²) in [6, 6.07) is 32.1. The highest BCUT2D eigenvalue weighted by Gasteiger charge is 2.04. The van der Waals surface area contributed by atoms with Crippen molar-refractivity contribution < 1.29 is 0 Å². The van der Waals surface area contributed by atoms with Crippen molar-refractivity contribution in [2.45, 2.75) is 0 Å². The smallest absolute Gasteiger partial charge is 0.0105 e. The van der Waals surface area contributed by atoms with Crippen LogP contribution in [0.4, 0.5) is 0 Å². The second-order valence-electron chi connectivity index (χ2n) is 4.62. The van der Waals surface area contributed by atoms with Gasteiger partial charge >= 0.3 is 0 Å². The summed E-state index contributed by atoms with van der Waals surface area (Å²) in [5, 5.41) is 0. The minimum absolute atomic E-state index is 1.21. The van der Waals surface area contributed by atoms with Gasteiger partial charge in [0.2, 0.25) is 0 Å². The summed E-state index contributed by atoms with van der Waals surface area (Å²) in [6.07, 6.45) is 2.23. The lowest BCUT2D eigenvalue weighted by atomic mass is 9.96. The van der Waals surface area contributed by atoms with E-state index in [0.717, 1.165) is 0 Å². The molecule has 0 nitrogen and oxygen atoms in total. The van der Waals surface area contributed by atoms with Crippen LogP contribution < -0.4 is 0 Å². The van der Waals surface area contributed by atoms with Crippen LogP contribution in [0.15, 0.2) is 84.9 Å². The van der Waals surface area contributed by atoms with Crippen LogP contribution in [0.5, 0.6) is 0 Å². The van der Waals surface area contributed by atoms with Crippen LogP contribution in [-0.2, 0) is 0 Å². The van der Waals surface area contributed by atoms with Gasteiger partial charge in [-0.3, -0.25) is 0 Å². The predicted molar refractivity (Wildman–Crippen MR) is 85.1 cm³/mol. The molecule has 0 aliphatic carbocycles. The van der Waals surface area contributed by atoms with Crippen LogP contribution >= 0.6 is 0 Å². The molecule has 0 unspecified atom stereocenters. The van der Waals surface area contributed by atoms with E-state index in [9.17, 15) is 0 Å². The molecule has 0 amide bonds. The maximum Gasteiger partial charge on any atom is -0.0105 e. The van der Waals surface area contributed by atoms with Crippen LogP contribution in [0.25, 0.3) is 11.6 Å². The van der Waals surface area contributed by atoms with E-state index in [1.165, 1.54) is 22.3 Å². The standard InChI is InChI=1S/C20H15/c1-4-10-17(11-5-1)16-20(18-12-6-2-7-13-18)19-14-8-3-9-15-19/h1-2,4-16H. The summed E-state index contributed by atoms with van der Waals surface area (Å²) in [7, 11) is 0. The summed E-state index contributed by atoms with van der Waals surface area (Å²) in [4.78, 5) is 0. The van der Waals surface area contributed by atoms with E-state index in [0.29, 0.717) is 0 Å². The summed E-state index contributed by atoms with van der Waals surface area (Å²) in [5.74, 6) is 0. The molecule has 3 aromatic carbocycles. The first-order valence-electron chi connectivity index (χ1n) is 6.72. The highest BCUT2D eigenvalue weighted by atomic mass is 14.1. The van der Waals surface area contributed by atoms with E-state index in [-0.39, 0.29) is 0 Å². The summed E-state index contributed by atoms with van der Waals surface area (Å²) in [6.45, 7) is 0. The monoisotopic (exact) mass is 255 g/mol. The molecule has 0 fully saturated rings. The second kappa shape index (κ2) is 6.03. The number of hydrogen-bond donors (Lipinski definition) is 0. The Morgan fingerprint density at radius 3 is 1.85 bits per heavy atom. The van der Waals surface area contributed by atoms with Crippen molar-refractivity contribution in [2.24, 2.45) is 0 Å². The Kier molecular flexibility index (Phi) is 3.75. The van der Waals surface area contributed by atoms with E-state index >= 15 is 0 Å². The molecule has 0 aliphatic heterocycles. The van der Waals surface area contributed by atoms with Crippen molar-refractivity contribution in [3.05, 3.63) is 108 Å². The Bertz CT molecular complexity index is 638. The highest BCUT2D eigenvalue weighted by molar-refractivity contribution is 5.91. The van der Waals surface area contributed by atoms with Gasteiger partial charge < -0.3 is 0 Å². The summed E-state index contributed by atoms with van der Waals surface area (Å²) >= 11 is 0. The van der Waals surface area contributed by atoms with Gasteiger partial charge in [-0.25, -0.2) is 0 Å². The first-order valence-corrected chi connectivity index (χ1v) is 6.72. The first-order chi connectivity index (χ1) is 9.93. The van der Waals surface area contributed by atoms with E-state index < -0.39 is 0 Å². The number of benzene rings is 3. The largest absolute Gasteiger partial charge is 0.0622 e. The normalized spacial score (nSPS) is 11.3. The second-order valence-corrected chi connectivity index (χ2v) is 4.62. The molecule has 0 N–H and O–H groups in total. The van der Waals surface area contributed by atoms with Crippen molar-refractivity contribution >= 4 is 11.6 Å². The van der Waals surface area contributed by atoms with Gasteiger partial charge in [0.1, 0.15) is 0 Å². The minimum atomic E-state index is 1.21. The van der Waals surface area contributed by atoms with Crippen molar-refractivity contribution in [2.75, 3.05) is 0 Å². The van der Waals surface area contributed by atoms with Crippen molar-refractivity contribution in [1.29, 1.82) is 0 Å². The van der Waals surface area contributed by atoms with Crippen LogP contribution in [0.3, 0.4) is 0 Å². The fraction of sp³-hybridized carbons (Fsp3) is 0. The Morgan fingerprint density at radius 2 is 1.20 bits per heavy atom. The summed E-state index contributed by atoms with van der Waals surface area (Å²) in [5.41, 5.74) is 4.87. The third kappa shape index (κ3) is 2.86. The predicted octanol–water partition coefficient (Wildman–Crippen LogP) is 5.08. The quantitative estimate of drug-likeness (QED) is 0.573. The molecule has 20 heavy (non-hydrogen) atoms. The van der Waals surface area contributed by atoms with Gasteiger partial charge in [0.05, 0.1) is 0 Å². The molecule has 3 aromatic rings. The molecule has 0 spiro atoms. The Hall–Kier alpha value is -2.60. The zero-order valence-electron chi connectivity index (χ0n) is 11.2. The van der Waals surface area contributed by atoms with Gasteiger partial charge in [-0.1, -0.05) is 84.9 Å². The molecule has 0 heteroatoms. The molecular formula is C20H15. The van der Waals surface area contributed by atoms with Crippen LogP contribution in [-0.4, -0.2) is 0 Å². The van der Waals surface area contributed by atoms with Gasteiger partial charge in [-0.15, -0.1) is 0 Å². The van der Waals surface area contributed by atoms with E-state index in [1.807, 2.05) is 24.3 Å². The van der Waals surface area contributed by atoms with Crippen molar-refractivity contribution in [3.63, 3.8) is 0 Å². The zero-order chi connectivity index (χ0) is 13.6. The van der Waals surface area contributed by atoms with Crippen LogP contribution in [0.2, 0.25) is 0 Å². The van der Waals surface area contributed by atoms with Gasteiger partial charge in [0.15, 0.2) is 0 Å². The first kappa shape index (κ1) is 12.4. The molecule has 3 rings (SSSR count). The molecule has 0 heterocycles. The lowest BCUT2D eigenvalue weighted by Crippen LogP contribution is -1.87. The minimum Gasteiger partial charge on any atom is -0.0622 e. The van der Waals surface area contributed by atoms with E-state index in [2.05, 4.69) is 72.8 Å². The van der Waals surface area contributed by atoms with Crippen LogP contribution in [0, 0.1) is 6.07 Å². The molecule has 0 saturated carbocycles. The van der Waals surface area contributed by atoms with Gasteiger partial charge in [0, 0.05) is 0 Å². The molecule has 95 valence electrons.